The number of hydrogen-bond acceptors (Lipinski definition) is 6. The minimum Gasteiger partial charge on any atom is -0.381 e. The SMILES string of the molecule is C=CCN(CC=C)C(=O)n1cnc(S(=O)(=O)CCOCC)n1. The number of ether oxygens (including phenoxy) is 1. The summed E-state index contributed by atoms with van der Waals surface area (Å²) in [4.78, 5) is 17.3. The van der Waals surface area contributed by atoms with Gasteiger partial charge < -0.3 is 9.64 Å². The molecule has 1 aromatic rings. The Balaban J connectivity index is 2.88. The lowest BCUT2D eigenvalue weighted by molar-refractivity contribution is 0.163. The maximum Gasteiger partial charge on any atom is 0.346 e. The molecular formula is C13H20N4O4S. The third-order valence-electron chi connectivity index (χ3n) is 2.62. The van der Waals surface area contributed by atoms with Gasteiger partial charge in [-0.3, -0.25) is 0 Å². The molecule has 0 fully saturated rings. The Labute approximate surface area is 130 Å². The van der Waals surface area contributed by atoms with Crippen LogP contribution in [0.2, 0.25) is 0 Å². The largest absolute Gasteiger partial charge is 0.381 e. The van der Waals surface area contributed by atoms with Crippen LogP contribution in [0.3, 0.4) is 0 Å². The minimum absolute atomic E-state index is 0.0559. The summed E-state index contributed by atoms with van der Waals surface area (Å²) in [7, 11) is -3.67. The monoisotopic (exact) mass is 328 g/mol. The van der Waals surface area contributed by atoms with Crippen molar-refractivity contribution in [3.8, 4) is 0 Å². The van der Waals surface area contributed by atoms with E-state index in [1.165, 1.54) is 4.90 Å². The molecule has 1 heterocycles. The van der Waals surface area contributed by atoms with Crippen LogP contribution in [0.5, 0.6) is 0 Å². The Hall–Kier alpha value is -2.00. The van der Waals surface area contributed by atoms with Gasteiger partial charge in [-0.25, -0.2) is 18.2 Å². The van der Waals surface area contributed by atoms with Crippen LogP contribution >= 0.6 is 0 Å². The van der Waals surface area contributed by atoms with Crippen molar-refractivity contribution in [3.05, 3.63) is 31.6 Å². The van der Waals surface area contributed by atoms with Gasteiger partial charge in [0.25, 0.3) is 5.16 Å². The van der Waals surface area contributed by atoms with Crippen molar-refractivity contribution < 1.29 is 17.9 Å². The van der Waals surface area contributed by atoms with Gasteiger partial charge in [0.2, 0.25) is 9.84 Å². The molecule has 0 unspecified atom stereocenters. The van der Waals surface area contributed by atoms with Crippen LogP contribution in [0.1, 0.15) is 6.92 Å². The maximum absolute atomic E-state index is 12.2. The molecule has 0 aromatic carbocycles. The number of carbonyl (C=O) groups excluding carboxylic acids is 1. The Morgan fingerprint density at radius 1 is 1.41 bits per heavy atom. The third-order valence-corrected chi connectivity index (χ3v) is 4.06. The van der Waals surface area contributed by atoms with Gasteiger partial charge >= 0.3 is 6.03 Å². The number of hydrogen-bond donors (Lipinski definition) is 0. The van der Waals surface area contributed by atoms with Gasteiger partial charge in [0.05, 0.1) is 12.4 Å². The maximum atomic E-state index is 12.2. The van der Waals surface area contributed by atoms with Gasteiger partial charge in [-0.05, 0) is 6.92 Å². The molecule has 0 aliphatic heterocycles. The number of nitrogens with zero attached hydrogens (tertiary/aromatic N) is 4. The van der Waals surface area contributed by atoms with Crippen molar-refractivity contribution in [2.24, 2.45) is 0 Å². The van der Waals surface area contributed by atoms with Crippen molar-refractivity contribution in [1.82, 2.24) is 19.7 Å². The van der Waals surface area contributed by atoms with E-state index < -0.39 is 21.0 Å². The van der Waals surface area contributed by atoms with Gasteiger partial charge in [0.1, 0.15) is 6.33 Å². The molecule has 1 rings (SSSR count). The van der Waals surface area contributed by atoms with E-state index in [0.717, 1.165) is 11.0 Å². The number of aromatic nitrogens is 3. The van der Waals surface area contributed by atoms with E-state index in [1.54, 1.807) is 19.1 Å². The van der Waals surface area contributed by atoms with Gasteiger partial charge in [0, 0.05) is 19.7 Å². The average Bonchev–Trinajstić information content (AvgIpc) is 2.97. The van der Waals surface area contributed by atoms with Crippen LogP contribution in [0.4, 0.5) is 4.79 Å². The van der Waals surface area contributed by atoms with Crippen molar-refractivity contribution in [1.29, 1.82) is 0 Å². The molecule has 0 saturated heterocycles. The summed E-state index contributed by atoms with van der Waals surface area (Å²) in [6.07, 6.45) is 4.19. The molecule has 22 heavy (non-hydrogen) atoms. The second-order valence-corrected chi connectivity index (χ2v) is 6.26. The van der Waals surface area contributed by atoms with E-state index in [9.17, 15) is 13.2 Å². The van der Waals surface area contributed by atoms with Crippen molar-refractivity contribution in [2.75, 3.05) is 32.1 Å². The fourth-order valence-electron chi connectivity index (χ4n) is 1.57. The summed E-state index contributed by atoms with van der Waals surface area (Å²) in [6.45, 7) is 9.95. The summed E-state index contributed by atoms with van der Waals surface area (Å²) < 4.78 is 29.9. The normalized spacial score (nSPS) is 11.1. The highest BCUT2D eigenvalue weighted by Crippen LogP contribution is 2.05. The lowest BCUT2D eigenvalue weighted by Crippen LogP contribution is -2.35. The van der Waals surface area contributed by atoms with E-state index in [-0.39, 0.29) is 25.4 Å². The molecule has 1 aromatic heterocycles. The van der Waals surface area contributed by atoms with Crippen LogP contribution in [0.15, 0.2) is 36.8 Å². The topological polar surface area (TPSA) is 94.4 Å². The molecule has 1 amide bonds. The molecule has 0 aliphatic carbocycles. The van der Waals surface area contributed by atoms with Crippen LogP contribution in [-0.4, -0.2) is 66.2 Å². The van der Waals surface area contributed by atoms with E-state index in [1.807, 2.05) is 0 Å². The van der Waals surface area contributed by atoms with Crippen LogP contribution in [-0.2, 0) is 14.6 Å². The van der Waals surface area contributed by atoms with Gasteiger partial charge in [-0.2, -0.15) is 4.68 Å². The van der Waals surface area contributed by atoms with Crippen molar-refractivity contribution in [3.63, 3.8) is 0 Å². The lowest BCUT2D eigenvalue weighted by atomic mass is 10.5. The molecule has 0 spiro atoms. The van der Waals surface area contributed by atoms with E-state index >= 15 is 0 Å². The van der Waals surface area contributed by atoms with Gasteiger partial charge in [0.15, 0.2) is 0 Å². The van der Waals surface area contributed by atoms with Crippen molar-refractivity contribution in [2.45, 2.75) is 12.1 Å². The minimum atomic E-state index is -3.67. The molecule has 0 aliphatic rings. The molecule has 0 radical (unpaired) electrons. The van der Waals surface area contributed by atoms with Gasteiger partial charge in [-0.1, -0.05) is 12.2 Å². The number of rotatable bonds is 9. The highest BCUT2D eigenvalue weighted by molar-refractivity contribution is 7.91. The number of carbonyl (C=O) groups is 1. The van der Waals surface area contributed by atoms with Crippen molar-refractivity contribution >= 4 is 15.9 Å². The zero-order valence-electron chi connectivity index (χ0n) is 12.5. The van der Waals surface area contributed by atoms with E-state index in [0.29, 0.717) is 6.61 Å². The molecule has 9 heteroatoms. The zero-order valence-corrected chi connectivity index (χ0v) is 13.3. The molecule has 0 atom stereocenters. The van der Waals surface area contributed by atoms with Crippen LogP contribution in [0, 0.1) is 0 Å². The van der Waals surface area contributed by atoms with Gasteiger partial charge in [-0.15, -0.1) is 18.3 Å². The average molecular weight is 328 g/mol. The first-order chi connectivity index (χ1) is 10.5. The van der Waals surface area contributed by atoms with E-state index in [4.69, 9.17) is 4.74 Å². The van der Waals surface area contributed by atoms with E-state index in [2.05, 4.69) is 23.2 Å². The Bertz CT molecular complexity index is 614. The number of sulfone groups is 1. The fraction of sp³-hybridized carbons (Fsp3) is 0.462. The predicted molar refractivity (Wildman–Crippen MR) is 81.3 cm³/mol. The Morgan fingerprint density at radius 2 is 2.05 bits per heavy atom. The second kappa shape index (κ2) is 8.44. The zero-order chi connectivity index (χ0) is 16.6. The summed E-state index contributed by atoms with van der Waals surface area (Å²) in [5.41, 5.74) is 0. The molecular weight excluding hydrogens is 308 g/mol. The molecule has 122 valence electrons. The first-order valence-corrected chi connectivity index (χ1v) is 8.34. The van der Waals surface area contributed by atoms with Crippen LogP contribution in [0.25, 0.3) is 0 Å². The smallest absolute Gasteiger partial charge is 0.346 e. The highest BCUT2D eigenvalue weighted by atomic mass is 32.2. The second-order valence-electron chi connectivity index (χ2n) is 4.25. The summed E-state index contributed by atoms with van der Waals surface area (Å²) in [5.74, 6) is -0.234. The Morgan fingerprint density at radius 3 is 2.59 bits per heavy atom. The predicted octanol–water partition coefficient (Wildman–Crippen LogP) is 0.730. The molecule has 0 bridgehead atoms. The highest BCUT2D eigenvalue weighted by Gasteiger charge is 2.22. The summed E-state index contributed by atoms with van der Waals surface area (Å²) >= 11 is 0. The number of amides is 1. The fourth-order valence-corrected chi connectivity index (χ4v) is 2.51. The first kappa shape index (κ1) is 18.1. The molecule has 0 N–H and O–H groups in total. The lowest BCUT2D eigenvalue weighted by Gasteiger charge is -2.17. The summed E-state index contributed by atoms with van der Waals surface area (Å²) in [5, 5.41) is 3.36. The quantitative estimate of drug-likeness (QED) is 0.490. The third kappa shape index (κ3) is 4.78. The molecule has 8 nitrogen and oxygen atoms in total. The summed E-state index contributed by atoms with van der Waals surface area (Å²) in [6, 6.07) is -0.501. The molecule has 0 saturated carbocycles. The first-order valence-electron chi connectivity index (χ1n) is 6.69. The standard InChI is InChI=1S/C13H20N4O4S/c1-4-7-16(8-5-2)13(18)17-11-14-12(15-17)22(19,20)10-9-21-6-3/h4-5,11H,1-2,6-10H2,3H3. The van der Waals surface area contributed by atoms with Crippen LogP contribution < -0.4 is 0 Å². The Kier molecular flexibility index (Phi) is 6.93.